The highest BCUT2D eigenvalue weighted by molar-refractivity contribution is 6.07. The van der Waals surface area contributed by atoms with Crippen LogP contribution in [-0.4, -0.2) is 51.9 Å². The number of fused-ring (bicyclic) bond motifs is 1. The van der Waals surface area contributed by atoms with Crippen LogP contribution in [0.5, 0.6) is 0 Å². The highest BCUT2D eigenvalue weighted by atomic mass is 16.2. The van der Waals surface area contributed by atoms with Crippen molar-refractivity contribution < 1.29 is 4.79 Å². The molecule has 1 N–H and O–H groups in total. The minimum atomic E-state index is 0.110. The van der Waals surface area contributed by atoms with Crippen molar-refractivity contribution in [1.82, 2.24) is 19.8 Å². The number of carbonyl (C=O) groups is 1. The lowest BCUT2D eigenvalue weighted by Crippen LogP contribution is -2.50. The molecule has 1 saturated heterocycles. The summed E-state index contributed by atoms with van der Waals surface area (Å²) < 4.78 is 0. The minimum absolute atomic E-state index is 0.110. The Morgan fingerprint density at radius 2 is 1.78 bits per heavy atom. The van der Waals surface area contributed by atoms with Crippen molar-refractivity contribution in [2.45, 2.75) is 32.2 Å². The molecule has 6 heteroatoms. The molecule has 3 aromatic carbocycles. The number of nitriles is 1. The molecule has 36 heavy (non-hydrogen) atoms. The maximum atomic E-state index is 13.6. The second-order valence-corrected chi connectivity index (χ2v) is 9.43. The van der Waals surface area contributed by atoms with Gasteiger partial charge in [0.15, 0.2) is 0 Å². The Hall–Kier alpha value is -3.95. The zero-order chi connectivity index (χ0) is 24.9. The van der Waals surface area contributed by atoms with Crippen molar-refractivity contribution in [2.75, 3.05) is 26.2 Å². The fraction of sp³-hybridized carbons (Fsp3) is 0.300. The second-order valence-electron chi connectivity index (χ2n) is 9.43. The fourth-order valence-corrected chi connectivity index (χ4v) is 5.28. The van der Waals surface area contributed by atoms with Crippen LogP contribution in [0.4, 0.5) is 0 Å². The summed E-state index contributed by atoms with van der Waals surface area (Å²) in [7, 11) is 0. The lowest BCUT2D eigenvalue weighted by molar-refractivity contribution is 0.0564. The van der Waals surface area contributed by atoms with Gasteiger partial charge in [0.05, 0.1) is 29.7 Å². The number of aryl methyl sites for hydroxylation is 1. The van der Waals surface area contributed by atoms with Gasteiger partial charge in [0.2, 0.25) is 0 Å². The Labute approximate surface area is 212 Å². The van der Waals surface area contributed by atoms with E-state index in [2.05, 4.69) is 52.1 Å². The molecular weight excluding hydrogens is 446 g/mol. The van der Waals surface area contributed by atoms with Gasteiger partial charge in [-0.25, -0.2) is 4.98 Å². The van der Waals surface area contributed by atoms with Crippen LogP contribution >= 0.6 is 0 Å². The molecule has 4 aromatic rings. The summed E-state index contributed by atoms with van der Waals surface area (Å²) >= 11 is 0. The van der Waals surface area contributed by atoms with E-state index in [-0.39, 0.29) is 11.9 Å². The van der Waals surface area contributed by atoms with Gasteiger partial charge in [-0.3, -0.25) is 9.69 Å². The summed E-state index contributed by atoms with van der Waals surface area (Å²) in [5, 5.41) is 11.3. The predicted molar refractivity (Wildman–Crippen MR) is 142 cm³/mol. The van der Waals surface area contributed by atoms with Gasteiger partial charge in [-0.15, -0.1) is 0 Å². The number of H-pyrrole nitrogens is 1. The molecule has 1 amide bonds. The van der Waals surface area contributed by atoms with Gasteiger partial charge in [0.1, 0.15) is 0 Å². The number of imidazole rings is 1. The van der Waals surface area contributed by atoms with E-state index in [4.69, 9.17) is 5.26 Å². The standard InChI is InChI=1S/C30H31N5O/c1-2-5-24-6-3-8-26-25(24)7-4-9-27(26)30(36)35-16-14-34(15-17-35)29(28-20-32-21-33-28)18-22-10-12-23(19-31)13-11-22/h3-4,6-13,20-21,29H,2,5,14-18H2,1H3,(H,32,33). The zero-order valence-corrected chi connectivity index (χ0v) is 20.7. The van der Waals surface area contributed by atoms with Crippen LogP contribution < -0.4 is 0 Å². The van der Waals surface area contributed by atoms with E-state index in [0.29, 0.717) is 18.7 Å². The molecule has 0 saturated carbocycles. The van der Waals surface area contributed by atoms with Crippen LogP contribution in [0.3, 0.4) is 0 Å². The first-order valence-corrected chi connectivity index (χ1v) is 12.7. The lowest BCUT2D eigenvalue weighted by Gasteiger charge is -2.39. The van der Waals surface area contributed by atoms with Gasteiger partial charge in [-0.2, -0.15) is 5.26 Å². The van der Waals surface area contributed by atoms with Crippen LogP contribution in [0.25, 0.3) is 10.8 Å². The maximum Gasteiger partial charge on any atom is 0.254 e. The SMILES string of the molecule is CCCc1cccc2c(C(=O)N3CCN(C(Cc4ccc(C#N)cc4)c4cnc[nH]4)CC3)cccc12. The van der Waals surface area contributed by atoms with E-state index in [1.54, 1.807) is 6.33 Å². The summed E-state index contributed by atoms with van der Waals surface area (Å²) in [5.41, 5.74) is 5.00. The number of amides is 1. The number of rotatable bonds is 7. The second kappa shape index (κ2) is 10.8. The first-order chi connectivity index (χ1) is 17.7. The average Bonchev–Trinajstić information content (AvgIpc) is 3.47. The van der Waals surface area contributed by atoms with E-state index in [9.17, 15) is 4.79 Å². The monoisotopic (exact) mass is 477 g/mol. The third-order valence-electron chi connectivity index (χ3n) is 7.19. The number of nitrogens with zero attached hydrogens (tertiary/aromatic N) is 4. The number of hydrogen-bond acceptors (Lipinski definition) is 4. The van der Waals surface area contributed by atoms with Crippen molar-refractivity contribution >= 4 is 16.7 Å². The number of piperazine rings is 1. The topological polar surface area (TPSA) is 76.0 Å². The molecule has 1 aromatic heterocycles. The number of hydrogen-bond donors (Lipinski definition) is 1. The molecular formula is C30H31N5O. The van der Waals surface area contributed by atoms with E-state index >= 15 is 0 Å². The smallest absolute Gasteiger partial charge is 0.254 e. The number of benzene rings is 3. The Morgan fingerprint density at radius 1 is 1.03 bits per heavy atom. The number of nitrogens with one attached hydrogen (secondary N) is 1. The van der Waals surface area contributed by atoms with Gasteiger partial charge in [0, 0.05) is 37.9 Å². The van der Waals surface area contributed by atoms with Crippen LogP contribution in [0.15, 0.2) is 73.2 Å². The molecule has 0 radical (unpaired) electrons. The Morgan fingerprint density at radius 3 is 2.47 bits per heavy atom. The van der Waals surface area contributed by atoms with Crippen LogP contribution in [0, 0.1) is 11.3 Å². The molecule has 6 nitrogen and oxygen atoms in total. The molecule has 0 aliphatic carbocycles. The normalized spacial score (nSPS) is 15.1. The Kier molecular flexibility index (Phi) is 7.11. The summed E-state index contributed by atoms with van der Waals surface area (Å²) in [6.07, 6.45) is 6.51. The van der Waals surface area contributed by atoms with E-state index < -0.39 is 0 Å². The first kappa shape index (κ1) is 23.8. The van der Waals surface area contributed by atoms with Crippen molar-refractivity contribution in [3.05, 3.63) is 101 Å². The molecule has 1 atom stereocenters. The van der Waals surface area contributed by atoms with Gasteiger partial charge >= 0.3 is 0 Å². The molecule has 0 spiro atoms. The fourth-order valence-electron chi connectivity index (χ4n) is 5.28. The molecule has 1 aliphatic heterocycles. The first-order valence-electron chi connectivity index (χ1n) is 12.7. The van der Waals surface area contributed by atoms with Crippen molar-refractivity contribution in [1.29, 1.82) is 5.26 Å². The van der Waals surface area contributed by atoms with Crippen molar-refractivity contribution in [2.24, 2.45) is 0 Å². The van der Waals surface area contributed by atoms with E-state index in [1.807, 2.05) is 47.5 Å². The van der Waals surface area contributed by atoms with Crippen molar-refractivity contribution in [3.63, 3.8) is 0 Å². The zero-order valence-electron chi connectivity index (χ0n) is 20.7. The number of aromatic amines is 1. The Balaban J connectivity index is 1.32. The van der Waals surface area contributed by atoms with Gasteiger partial charge in [-0.1, -0.05) is 55.8 Å². The van der Waals surface area contributed by atoms with Gasteiger partial charge < -0.3 is 9.88 Å². The van der Waals surface area contributed by atoms with E-state index in [1.165, 1.54) is 16.5 Å². The third kappa shape index (κ3) is 4.89. The molecule has 5 rings (SSSR count). The van der Waals surface area contributed by atoms with E-state index in [0.717, 1.165) is 49.0 Å². The molecule has 182 valence electrons. The summed E-state index contributed by atoms with van der Waals surface area (Å²) in [6, 6.07) is 22.5. The quantitative estimate of drug-likeness (QED) is 0.400. The molecule has 1 unspecified atom stereocenters. The van der Waals surface area contributed by atoms with Crippen molar-refractivity contribution in [3.8, 4) is 6.07 Å². The molecule has 0 bridgehead atoms. The largest absolute Gasteiger partial charge is 0.347 e. The molecule has 2 heterocycles. The predicted octanol–water partition coefficient (Wildman–Crippen LogP) is 5.13. The maximum absolute atomic E-state index is 13.6. The van der Waals surface area contributed by atoms with Gasteiger partial charge in [-0.05, 0) is 52.9 Å². The summed E-state index contributed by atoms with van der Waals surface area (Å²) in [5.74, 6) is 0.110. The summed E-state index contributed by atoms with van der Waals surface area (Å²) in [4.78, 5) is 25.6. The Bertz CT molecular complexity index is 1360. The third-order valence-corrected chi connectivity index (χ3v) is 7.19. The van der Waals surface area contributed by atoms with Crippen LogP contribution in [0.2, 0.25) is 0 Å². The molecule has 1 fully saturated rings. The van der Waals surface area contributed by atoms with Gasteiger partial charge in [0.25, 0.3) is 5.91 Å². The minimum Gasteiger partial charge on any atom is -0.347 e. The number of aromatic nitrogens is 2. The average molecular weight is 478 g/mol. The number of carbonyl (C=O) groups excluding carboxylic acids is 1. The summed E-state index contributed by atoms with van der Waals surface area (Å²) in [6.45, 7) is 5.13. The molecule has 1 aliphatic rings. The highest BCUT2D eigenvalue weighted by Gasteiger charge is 2.29. The van der Waals surface area contributed by atoms with Crippen LogP contribution in [-0.2, 0) is 12.8 Å². The van der Waals surface area contributed by atoms with Crippen LogP contribution in [0.1, 0.15) is 52.1 Å². The highest BCUT2D eigenvalue weighted by Crippen LogP contribution is 2.28. The lowest BCUT2D eigenvalue weighted by atomic mass is 9.97.